The minimum Gasteiger partial charge on any atom is -0.497 e. The van der Waals surface area contributed by atoms with E-state index in [1.165, 1.54) is 54.8 Å². The van der Waals surface area contributed by atoms with Gasteiger partial charge in [0.05, 0.1) is 16.9 Å². The summed E-state index contributed by atoms with van der Waals surface area (Å²) < 4.78 is 59.0. The molecule has 2 aromatic carbocycles. The fraction of sp³-hybridized carbons (Fsp3) is 0.158. The van der Waals surface area contributed by atoms with Gasteiger partial charge in [0, 0.05) is 11.4 Å². The number of ether oxygens (including phenoxy) is 1. The van der Waals surface area contributed by atoms with Gasteiger partial charge >= 0.3 is 0 Å². The molecule has 1 aromatic heterocycles. The first-order valence-corrected chi connectivity index (χ1v) is 12.2. The summed E-state index contributed by atoms with van der Waals surface area (Å²) in [7, 11) is -6.17. The zero-order valence-corrected chi connectivity index (χ0v) is 17.4. The fourth-order valence-electron chi connectivity index (χ4n) is 2.64. The standard InChI is InChI=1S/C19H19NO5S3/c1-25-15-9-11-17(12-10-15)28(23,24)20-14-19(18-8-5-13-26-18)27(21,22)16-6-3-2-4-7-16/h2-13,19-20H,14H2,1H3. The van der Waals surface area contributed by atoms with Crippen molar-refractivity contribution in [2.45, 2.75) is 15.0 Å². The number of rotatable bonds is 8. The van der Waals surface area contributed by atoms with Crippen LogP contribution in [0.4, 0.5) is 0 Å². The predicted octanol–water partition coefficient (Wildman–Crippen LogP) is 3.25. The van der Waals surface area contributed by atoms with Crippen LogP contribution in [0.5, 0.6) is 5.75 Å². The van der Waals surface area contributed by atoms with Gasteiger partial charge in [-0.1, -0.05) is 24.3 Å². The molecule has 1 atom stereocenters. The van der Waals surface area contributed by atoms with E-state index in [2.05, 4.69) is 4.72 Å². The van der Waals surface area contributed by atoms with Crippen LogP contribution in [0.3, 0.4) is 0 Å². The van der Waals surface area contributed by atoms with Gasteiger partial charge in [0.25, 0.3) is 0 Å². The second-order valence-electron chi connectivity index (χ2n) is 5.89. The number of hydrogen-bond donors (Lipinski definition) is 1. The van der Waals surface area contributed by atoms with Gasteiger partial charge in [0.2, 0.25) is 10.0 Å². The minimum atomic E-state index is -3.88. The second-order valence-corrected chi connectivity index (χ2v) is 10.8. The van der Waals surface area contributed by atoms with Gasteiger partial charge in [-0.25, -0.2) is 21.6 Å². The van der Waals surface area contributed by atoms with Crippen molar-refractivity contribution in [3.05, 3.63) is 77.0 Å². The van der Waals surface area contributed by atoms with E-state index in [1.54, 1.807) is 35.7 Å². The third kappa shape index (κ3) is 4.44. The van der Waals surface area contributed by atoms with Crippen molar-refractivity contribution >= 4 is 31.2 Å². The average molecular weight is 438 g/mol. The molecule has 1 heterocycles. The monoisotopic (exact) mass is 437 g/mol. The largest absolute Gasteiger partial charge is 0.497 e. The first-order valence-electron chi connectivity index (χ1n) is 8.30. The maximum absolute atomic E-state index is 13.1. The molecule has 0 aliphatic heterocycles. The van der Waals surface area contributed by atoms with Crippen molar-refractivity contribution in [2.24, 2.45) is 0 Å². The van der Waals surface area contributed by atoms with Crippen molar-refractivity contribution in [2.75, 3.05) is 13.7 Å². The first kappa shape index (κ1) is 20.5. The van der Waals surface area contributed by atoms with Gasteiger partial charge in [-0.2, -0.15) is 0 Å². The normalized spacial score (nSPS) is 13.2. The average Bonchev–Trinajstić information content (AvgIpc) is 3.23. The van der Waals surface area contributed by atoms with Crippen LogP contribution >= 0.6 is 11.3 Å². The molecule has 0 fully saturated rings. The highest BCUT2D eigenvalue weighted by molar-refractivity contribution is 7.92. The second kappa shape index (κ2) is 8.44. The summed E-state index contributed by atoms with van der Waals surface area (Å²) in [5.41, 5.74) is 0. The molecular formula is C19H19NO5S3. The van der Waals surface area contributed by atoms with Crippen LogP contribution in [-0.4, -0.2) is 30.5 Å². The van der Waals surface area contributed by atoms with Crippen LogP contribution in [0.25, 0.3) is 0 Å². The molecule has 1 unspecified atom stereocenters. The summed E-state index contributed by atoms with van der Waals surface area (Å²) in [4.78, 5) is 0.758. The molecule has 0 spiro atoms. The number of hydrogen-bond acceptors (Lipinski definition) is 6. The van der Waals surface area contributed by atoms with Crippen molar-refractivity contribution in [1.29, 1.82) is 0 Å². The van der Waals surface area contributed by atoms with Gasteiger partial charge in [-0.05, 0) is 47.8 Å². The number of sulfone groups is 1. The molecule has 28 heavy (non-hydrogen) atoms. The molecule has 9 heteroatoms. The van der Waals surface area contributed by atoms with Crippen LogP contribution in [0, 0.1) is 0 Å². The molecule has 0 radical (unpaired) electrons. The van der Waals surface area contributed by atoms with E-state index in [1.807, 2.05) is 0 Å². The highest BCUT2D eigenvalue weighted by Crippen LogP contribution is 2.31. The molecule has 1 N–H and O–H groups in total. The summed E-state index contributed by atoms with van der Waals surface area (Å²) in [6.45, 7) is -0.272. The van der Waals surface area contributed by atoms with Crippen LogP contribution in [0.2, 0.25) is 0 Å². The van der Waals surface area contributed by atoms with Crippen molar-refractivity contribution in [1.82, 2.24) is 4.72 Å². The fourth-order valence-corrected chi connectivity index (χ4v) is 6.59. The SMILES string of the molecule is COc1ccc(S(=O)(=O)NCC(c2cccs2)S(=O)(=O)c2ccccc2)cc1. The van der Waals surface area contributed by atoms with Gasteiger partial charge in [0.15, 0.2) is 9.84 Å². The molecule has 0 saturated heterocycles. The Labute approximate surface area is 168 Å². The maximum Gasteiger partial charge on any atom is 0.240 e. The molecule has 3 rings (SSSR count). The number of benzene rings is 2. The topological polar surface area (TPSA) is 89.5 Å². The molecule has 6 nitrogen and oxygen atoms in total. The van der Waals surface area contributed by atoms with E-state index in [-0.39, 0.29) is 16.3 Å². The molecule has 0 amide bonds. The maximum atomic E-state index is 13.1. The van der Waals surface area contributed by atoms with E-state index >= 15 is 0 Å². The highest BCUT2D eigenvalue weighted by Gasteiger charge is 2.31. The Morgan fingerprint density at radius 1 is 0.893 bits per heavy atom. The Morgan fingerprint density at radius 3 is 2.14 bits per heavy atom. The smallest absolute Gasteiger partial charge is 0.240 e. The molecule has 0 saturated carbocycles. The van der Waals surface area contributed by atoms with E-state index in [0.717, 1.165) is 0 Å². The Balaban J connectivity index is 1.89. The summed E-state index contributed by atoms with van der Waals surface area (Å²) >= 11 is 1.27. The molecular weight excluding hydrogens is 418 g/mol. The van der Waals surface area contributed by atoms with Crippen LogP contribution in [0.1, 0.15) is 10.1 Å². The van der Waals surface area contributed by atoms with E-state index in [0.29, 0.717) is 10.6 Å². The summed E-state index contributed by atoms with van der Waals surface area (Å²) in [6.07, 6.45) is 0. The Kier molecular flexibility index (Phi) is 6.19. The summed E-state index contributed by atoms with van der Waals surface area (Å²) in [5, 5.41) is 0.740. The van der Waals surface area contributed by atoms with E-state index < -0.39 is 25.1 Å². The summed E-state index contributed by atoms with van der Waals surface area (Å²) in [6, 6.07) is 17.3. The Bertz CT molecular complexity index is 1110. The number of methoxy groups -OCH3 is 1. The quantitative estimate of drug-likeness (QED) is 0.584. The third-order valence-electron chi connectivity index (χ3n) is 4.14. The van der Waals surface area contributed by atoms with Crippen LogP contribution < -0.4 is 9.46 Å². The number of thiophene rings is 1. The van der Waals surface area contributed by atoms with Gasteiger partial charge in [0.1, 0.15) is 11.0 Å². The summed E-state index contributed by atoms with van der Waals surface area (Å²) in [5.74, 6) is 0.530. The lowest BCUT2D eigenvalue weighted by molar-refractivity contribution is 0.414. The lowest BCUT2D eigenvalue weighted by Crippen LogP contribution is -2.31. The van der Waals surface area contributed by atoms with Crippen molar-refractivity contribution < 1.29 is 21.6 Å². The van der Waals surface area contributed by atoms with Crippen molar-refractivity contribution in [3.8, 4) is 5.75 Å². The third-order valence-corrected chi connectivity index (χ3v) is 8.81. The lowest BCUT2D eigenvalue weighted by Gasteiger charge is -2.17. The molecule has 0 bridgehead atoms. The van der Waals surface area contributed by atoms with E-state index in [9.17, 15) is 16.8 Å². The zero-order valence-electron chi connectivity index (χ0n) is 15.0. The minimum absolute atomic E-state index is 0.0374. The predicted molar refractivity (Wildman–Crippen MR) is 109 cm³/mol. The van der Waals surface area contributed by atoms with Gasteiger partial charge in [-0.3, -0.25) is 0 Å². The number of nitrogens with one attached hydrogen (secondary N) is 1. The van der Waals surface area contributed by atoms with Gasteiger partial charge in [-0.15, -0.1) is 11.3 Å². The lowest BCUT2D eigenvalue weighted by atomic mass is 10.3. The Hall–Kier alpha value is -2.20. The van der Waals surface area contributed by atoms with Gasteiger partial charge < -0.3 is 4.74 Å². The number of sulfonamides is 1. The van der Waals surface area contributed by atoms with E-state index in [4.69, 9.17) is 4.74 Å². The highest BCUT2D eigenvalue weighted by atomic mass is 32.2. The van der Waals surface area contributed by atoms with Crippen molar-refractivity contribution in [3.63, 3.8) is 0 Å². The Morgan fingerprint density at radius 2 is 1.57 bits per heavy atom. The zero-order chi connectivity index (χ0) is 20.2. The molecule has 3 aromatic rings. The molecule has 0 aliphatic rings. The first-order chi connectivity index (χ1) is 13.3. The molecule has 0 aliphatic carbocycles. The van der Waals surface area contributed by atoms with Crippen LogP contribution in [0.15, 0.2) is 81.9 Å². The molecule has 148 valence electrons. The van der Waals surface area contributed by atoms with Crippen LogP contribution in [-0.2, 0) is 19.9 Å².